The van der Waals surface area contributed by atoms with Crippen LogP contribution in [-0.4, -0.2) is 61.5 Å². The normalized spacial score (nSPS) is 23.0. The van der Waals surface area contributed by atoms with Crippen LogP contribution >= 0.6 is 0 Å². The summed E-state index contributed by atoms with van der Waals surface area (Å²) in [6.45, 7) is -5.24. The number of benzene rings is 1. The number of nitrogens with one attached hydrogen (secondary N) is 2. The molecule has 7 nitrogen and oxygen atoms in total. The van der Waals surface area contributed by atoms with Gasteiger partial charge in [0.05, 0.1) is 20.7 Å². The molecule has 2 rings (SSSR count). The van der Waals surface area contributed by atoms with Crippen molar-refractivity contribution in [3.8, 4) is 0 Å². The van der Waals surface area contributed by atoms with Gasteiger partial charge in [-0.1, -0.05) is 30.3 Å². The first-order chi connectivity index (χ1) is 12.6. The van der Waals surface area contributed by atoms with Crippen LogP contribution in [0.4, 0.5) is 4.79 Å². The van der Waals surface area contributed by atoms with Crippen LogP contribution in [0.15, 0.2) is 30.3 Å². The number of aliphatic hydroxyl groups is 1. The van der Waals surface area contributed by atoms with Gasteiger partial charge in [0.15, 0.2) is 0 Å². The number of carbonyl (C=O) groups excluding carboxylic acids is 1. The minimum atomic E-state index is -3.25. The summed E-state index contributed by atoms with van der Waals surface area (Å²) in [5.74, 6) is 0. The first kappa shape index (κ1) is 11.0. The summed E-state index contributed by atoms with van der Waals surface area (Å²) in [6, 6.07) is 8.80. The molecule has 0 spiro atoms. The Morgan fingerprint density at radius 2 is 2.18 bits per heavy atom. The highest BCUT2D eigenvalue weighted by molar-refractivity contribution is 5.66. The Bertz CT molecular complexity index is 627. The topological polar surface area (TPSA) is 83.1 Å². The van der Waals surface area contributed by atoms with E-state index in [1.54, 1.807) is 30.3 Å². The maximum Gasteiger partial charge on any atom is 0.421 e. The Balaban J connectivity index is 1.93. The highest BCUT2D eigenvalue weighted by atomic mass is 16.6. The molecule has 1 unspecified atom stereocenters. The molecule has 0 aliphatic carbocycles. The van der Waals surface area contributed by atoms with Crippen molar-refractivity contribution in [1.82, 2.24) is 15.8 Å². The molecule has 3 N–H and O–H groups in total. The zero-order chi connectivity index (χ0) is 20.1. The predicted octanol–water partition coefficient (Wildman–Crippen LogP) is 0.110. The van der Waals surface area contributed by atoms with Gasteiger partial charge in [-0.25, -0.2) is 10.2 Å². The molecule has 0 radical (unpaired) electrons. The molecule has 122 valence electrons. The smallest absolute Gasteiger partial charge is 0.421 e. The highest BCUT2D eigenvalue weighted by Gasteiger charge is 2.14. The van der Waals surface area contributed by atoms with Gasteiger partial charge in [-0.15, -0.1) is 0 Å². The molecule has 0 aromatic heterocycles. The predicted molar refractivity (Wildman–Crippen MR) is 81.0 cm³/mol. The van der Waals surface area contributed by atoms with Crippen molar-refractivity contribution < 1.29 is 26.2 Å². The molecule has 0 bridgehead atoms. The fourth-order valence-corrected chi connectivity index (χ4v) is 1.75. The molecule has 1 fully saturated rings. The Kier molecular flexibility index (Phi) is 4.67. The van der Waals surface area contributed by atoms with Crippen molar-refractivity contribution in [1.29, 1.82) is 0 Å². The van der Waals surface area contributed by atoms with Crippen LogP contribution in [0.1, 0.15) is 12.4 Å². The minimum Gasteiger partial charge on any atom is -0.444 e. The molecule has 1 saturated heterocycles. The summed E-state index contributed by atoms with van der Waals surface area (Å²) in [5.41, 5.74) is 4.47. The van der Waals surface area contributed by atoms with Gasteiger partial charge in [-0.2, -0.15) is 0 Å². The fraction of sp³-hybridized carbons (Fsp3) is 0.533. The summed E-state index contributed by atoms with van der Waals surface area (Å²) < 4.78 is 49.7. The third-order valence-corrected chi connectivity index (χ3v) is 2.83. The zero-order valence-electron chi connectivity index (χ0n) is 17.0. The van der Waals surface area contributed by atoms with Crippen LogP contribution in [0.3, 0.4) is 0 Å². The van der Waals surface area contributed by atoms with E-state index < -0.39 is 25.2 Å². The van der Waals surface area contributed by atoms with Crippen molar-refractivity contribution >= 4 is 6.09 Å². The van der Waals surface area contributed by atoms with Gasteiger partial charge in [-0.05, 0) is 5.56 Å². The third kappa shape index (κ3) is 6.40. The number of β-amino-alcohol motifs (C(OH)–C–C–N with tert-alkyl or cyclic N) is 1. The highest BCUT2D eigenvalue weighted by Crippen LogP contribution is 2.00. The van der Waals surface area contributed by atoms with E-state index in [0.717, 1.165) is 10.5 Å². The molecule has 7 heteroatoms. The van der Waals surface area contributed by atoms with Crippen LogP contribution in [0, 0.1) is 0 Å². The Morgan fingerprint density at radius 1 is 1.45 bits per heavy atom. The first-order valence-corrected chi connectivity index (χ1v) is 6.87. The Morgan fingerprint density at radius 3 is 2.91 bits per heavy atom. The number of carbonyl (C=O) groups is 1. The van der Waals surface area contributed by atoms with Crippen molar-refractivity contribution in [3.05, 3.63) is 35.9 Å². The van der Waals surface area contributed by atoms with Crippen molar-refractivity contribution in [3.63, 3.8) is 0 Å². The summed E-state index contributed by atoms with van der Waals surface area (Å²) >= 11 is 0. The SMILES string of the molecule is [2H]C([2H])(NNC(=O)OCc1ccccc1)C([2H])(O)C([2H])([2H])N1CCOCC1. The average Bonchev–Trinajstić information content (AvgIpc) is 2.66. The number of hydrogen-bond donors (Lipinski definition) is 3. The van der Waals surface area contributed by atoms with Gasteiger partial charge in [0.1, 0.15) is 6.61 Å². The van der Waals surface area contributed by atoms with E-state index in [1.165, 1.54) is 0 Å². The lowest BCUT2D eigenvalue weighted by Gasteiger charge is -2.28. The third-order valence-electron chi connectivity index (χ3n) is 2.83. The van der Waals surface area contributed by atoms with E-state index in [-0.39, 0.29) is 32.9 Å². The molecular weight excluding hydrogens is 286 g/mol. The van der Waals surface area contributed by atoms with E-state index in [2.05, 4.69) is 0 Å². The zero-order valence-corrected chi connectivity index (χ0v) is 12.0. The average molecular weight is 314 g/mol. The number of hydrogen-bond acceptors (Lipinski definition) is 6. The van der Waals surface area contributed by atoms with Crippen LogP contribution in [0.5, 0.6) is 0 Å². The lowest BCUT2D eigenvalue weighted by Crippen LogP contribution is -2.47. The molecular formula is C15H23N3O4. The van der Waals surface area contributed by atoms with Crippen molar-refractivity contribution in [2.45, 2.75) is 12.7 Å². The van der Waals surface area contributed by atoms with Crippen molar-refractivity contribution in [2.24, 2.45) is 0 Å². The monoisotopic (exact) mass is 314 g/mol. The number of hydrazine groups is 1. The Hall–Kier alpha value is -1.67. The molecule has 1 amide bonds. The molecule has 1 aromatic carbocycles. The maximum absolute atomic E-state index is 11.7. The van der Waals surface area contributed by atoms with Crippen LogP contribution in [-0.2, 0) is 16.1 Å². The summed E-state index contributed by atoms with van der Waals surface area (Å²) in [5, 5.41) is 10.3. The van der Waals surface area contributed by atoms with Gasteiger partial charge >= 0.3 is 6.09 Å². The van der Waals surface area contributed by atoms with Gasteiger partial charge < -0.3 is 14.6 Å². The lowest BCUT2D eigenvalue weighted by molar-refractivity contribution is 0.0143. The fourth-order valence-electron chi connectivity index (χ4n) is 1.75. The van der Waals surface area contributed by atoms with E-state index in [0.29, 0.717) is 0 Å². The Labute approximate surface area is 137 Å². The summed E-state index contributed by atoms with van der Waals surface area (Å²) in [7, 11) is 0. The number of ether oxygens (including phenoxy) is 2. The minimum absolute atomic E-state index is 0.0584. The molecule has 1 aliphatic heterocycles. The second kappa shape index (κ2) is 9.37. The molecule has 1 aromatic rings. The molecule has 1 aliphatic rings. The van der Waals surface area contributed by atoms with Gasteiger partial charge in [0.2, 0.25) is 0 Å². The number of morpholine rings is 1. The maximum atomic E-state index is 11.7. The summed E-state index contributed by atoms with van der Waals surface area (Å²) in [4.78, 5) is 12.8. The number of rotatable bonds is 7. The summed E-state index contributed by atoms with van der Waals surface area (Å²) in [6.07, 6.45) is -4.28. The van der Waals surface area contributed by atoms with E-state index in [4.69, 9.17) is 16.3 Å². The van der Waals surface area contributed by atoms with Crippen LogP contribution < -0.4 is 10.9 Å². The molecule has 22 heavy (non-hydrogen) atoms. The molecule has 0 saturated carbocycles. The first-order valence-electron chi connectivity index (χ1n) is 9.37. The second-order valence-corrected chi connectivity index (χ2v) is 4.50. The van der Waals surface area contributed by atoms with E-state index in [9.17, 15) is 9.90 Å². The van der Waals surface area contributed by atoms with Gasteiger partial charge in [-0.3, -0.25) is 10.3 Å². The number of nitrogens with zero attached hydrogens (tertiary/aromatic N) is 1. The quantitative estimate of drug-likeness (QED) is 0.620. The lowest BCUT2D eigenvalue weighted by atomic mass is 10.2. The van der Waals surface area contributed by atoms with Gasteiger partial charge in [0, 0.05) is 31.6 Å². The second-order valence-electron chi connectivity index (χ2n) is 4.50. The van der Waals surface area contributed by atoms with Gasteiger partial charge in [0.25, 0.3) is 0 Å². The molecule has 1 heterocycles. The number of amides is 1. The molecule has 1 atom stereocenters. The van der Waals surface area contributed by atoms with Crippen LogP contribution in [0.2, 0.25) is 0 Å². The van der Waals surface area contributed by atoms with Crippen LogP contribution in [0.25, 0.3) is 0 Å². The standard InChI is InChI=1S/C15H23N3O4/c19-14(11-18-6-8-21-9-7-18)10-16-17-15(20)22-12-13-4-2-1-3-5-13/h1-5,14,16,19H,6-12H2,(H,17,20)/i10D2,11D2,14D. The largest absolute Gasteiger partial charge is 0.444 e. The van der Waals surface area contributed by atoms with Crippen molar-refractivity contribution in [2.75, 3.05) is 39.3 Å². The van der Waals surface area contributed by atoms with E-state index in [1.807, 2.05) is 10.9 Å². The van der Waals surface area contributed by atoms with E-state index >= 15 is 0 Å².